The van der Waals surface area contributed by atoms with Crippen molar-refractivity contribution in [3.05, 3.63) is 71.3 Å². The van der Waals surface area contributed by atoms with Crippen LogP contribution < -0.4 is 5.73 Å². The van der Waals surface area contributed by atoms with Crippen LogP contribution in [0, 0.1) is 0 Å². The topological polar surface area (TPSA) is 66.6 Å². The Morgan fingerprint density at radius 2 is 1.59 bits per heavy atom. The van der Waals surface area contributed by atoms with Gasteiger partial charge in [-0.05, 0) is 42.4 Å². The first-order valence-corrected chi connectivity index (χ1v) is 9.96. The summed E-state index contributed by atoms with van der Waals surface area (Å²) >= 11 is 0. The van der Waals surface area contributed by atoms with Crippen molar-refractivity contribution in [3.63, 3.8) is 0 Å². The van der Waals surface area contributed by atoms with E-state index in [1.165, 1.54) is 5.56 Å². The van der Waals surface area contributed by atoms with Crippen molar-refractivity contribution in [2.45, 2.75) is 48.7 Å². The van der Waals surface area contributed by atoms with Gasteiger partial charge in [-0.25, -0.2) is 0 Å². The molecule has 1 aliphatic heterocycles. The highest BCUT2D eigenvalue weighted by Crippen LogP contribution is 2.53. The molecule has 0 aromatic heterocycles. The average Bonchev–Trinajstić information content (AvgIpc) is 3.52. The molecule has 0 unspecified atom stereocenters. The Bertz CT molecular complexity index is 867. The Kier molecular flexibility index (Phi) is 3.72. The zero-order valence-corrected chi connectivity index (χ0v) is 15.5. The predicted octanol–water partition coefficient (Wildman–Crippen LogP) is 2.65. The highest BCUT2D eigenvalue weighted by molar-refractivity contribution is 5.91. The average molecular weight is 362 g/mol. The zero-order chi connectivity index (χ0) is 18.6. The third-order valence-corrected chi connectivity index (χ3v) is 7.19. The maximum atomic E-state index is 13.3. The molecule has 1 saturated carbocycles. The highest BCUT2D eigenvalue weighted by Gasteiger charge is 2.56. The van der Waals surface area contributed by atoms with Crippen LogP contribution >= 0.6 is 0 Å². The standard InChI is InChI=1S/C23H26N2O2/c24-19-17-8-4-5-9-18(17)23(20(19)26)12-14-25(15-13-23)21(27)22(10-11-22)16-6-2-1-3-7-16/h1-9,19-20,26H,10-15,24H2/t19-,20+/m1/s1. The van der Waals surface area contributed by atoms with E-state index in [1.807, 2.05) is 41.3 Å². The van der Waals surface area contributed by atoms with Gasteiger partial charge in [0, 0.05) is 18.5 Å². The largest absolute Gasteiger partial charge is 0.390 e. The summed E-state index contributed by atoms with van der Waals surface area (Å²) in [7, 11) is 0. The van der Waals surface area contributed by atoms with Gasteiger partial charge in [-0.15, -0.1) is 0 Å². The van der Waals surface area contributed by atoms with E-state index in [1.54, 1.807) is 0 Å². The van der Waals surface area contributed by atoms with E-state index < -0.39 is 6.10 Å². The van der Waals surface area contributed by atoms with Gasteiger partial charge in [0.25, 0.3) is 0 Å². The van der Waals surface area contributed by atoms with Crippen molar-refractivity contribution in [2.75, 3.05) is 13.1 Å². The molecule has 1 saturated heterocycles. The molecule has 5 rings (SSSR count). The van der Waals surface area contributed by atoms with Crippen LogP contribution in [-0.4, -0.2) is 35.1 Å². The van der Waals surface area contributed by atoms with Gasteiger partial charge in [0.05, 0.1) is 17.6 Å². The lowest BCUT2D eigenvalue weighted by molar-refractivity contribution is -0.136. The molecule has 0 bridgehead atoms. The third kappa shape index (κ3) is 2.33. The summed E-state index contributed by atoms with van der Waals surface area (Å²) < 4.78 is 0. The van der Waals surface area contributed by atoms with Gasteiger partial charge in [0.1, 0.15) is 0 Å². The van der Waals surface area contributed by atoms with Gasteiger partial charge in [-0.2, -0.15) is 0 Å². The van der Waals surface area contributed by atoms with Crippen molar-refractivity contribution in [1.82, 2.24) is 4.90 Å². The van der Waals surface area contributed by atoms with Crippen molar-refractivity contribution in [1.29, 1.82) is 0 Å². The minimum absolute atomic E-state index is 0.258. The molecule has 2 aromatic rings. The fourth-order valence-electron chi connectivity index (χ4n) is 5.40. The fraction of sp³-hybridized carbons (Fsp3) is 0.435. The Balaban J connectivity index is 1.38. The van der Waals surface area contributed by atoms with Crippen LogP contribution in [0.3, 0.4) is 0 Å². The van der Waals surface area contributed by atoms with Crippen LogP contribution in [0.5, 0.6) is 0 Å². The molecule has 2 aliphatic carbocycles. The smallest absolute Gasteiger partial charge is 0.233 e. The number of nitrogens with zero attached hydrogens (tertiary/aromatic N) is 1. The first kappa shape index (κ1) is 17.0. The molecule has 2 aromatic carbocycles. The summed E-state index contributed by atoms with van der Waals surface area (Å²) in [6.45, 7) is 1.37. The van der Waals surface area contributed by atoms with Crippen LogP contribution in [0.25, 0.3) is 0 Å². The summed E-state index contributed by atoms with van der Waals surface area (Å²) in [6, 6.07) is 18.0. The van der Waals surface area contributed by atoms with Crippen LogP contribution in [0.2, 0.25) is 0 Å². The summed E-state index contributed by atoms with van der Waals surface area (Å²) in [5, 5.41) is 10.9. The minimum atomic E-state index is -0.573. The Morgan fingerprint density at radius 1 is 0.963 bits per heavy atom. The van der Waals surface area contributed by atoms with E-state index in [0.29, 0.717) is 13.1 Å². The molecule has 1 heterocycles. The molecule has 1 spiro atoms. The lowest BCUT2D eigenvalue weighted by Gasteiger charge is -2.43. The number of piperidine rings is 1. The molecular weight excluding hydrogens is 336 g/mol. The SMILES string of the molecule is N[C@@H]1c2ccccc2C2(CCN(C(=O)C3(c4ccccc4)CC3)CC2)[C@H]1O. The lowest BCUT2D eigenvalue weighted by atomic mass is 9.71. The van der Waals surface area contributed by atoms with E-state index in [2.05, 4.69) is 18.2 Å². The lowest BCUT2D eigenvalue weighted by Crippen LogP contribution is -2.52. The summed E-state index contributed by atoms with van der Waals surface area (Å²) in [6.07, 6.45) is 2.85. The number of rotatable bonds is 2. The number of hydrogen-bond donors (Lipinski definition) is 2. The molecular formula is C23H26N2O2. The molecule has 1 amide bonds. The normalized spacial score (nSPS) is 27.4. The minimum Gasteiger partial charge on any atom is -0.390 e. The van der Waals surface area contributed by atoms with Crippen molar-refractivity contribution in [2.24, 2.45) is 5.73 Å². The van der Waals surface area contributed by atoms with Crippen molar-refractivity contribution >= 4 is 5.91 Å². The second-order valence-electron chi connectivity index (χ2n) is 8.45. The van der Waals surface area contributed by atoms with Gasteiger partial charge < -0.3 is 15.7 Å². The Labute approximate surface area is 160 Å². The highest BCUT2D eigenvalue weighted by atomic mass is 16.3. The van der Waals surface area contributed by atoms with Gasteiger partial charge in [-0.3, -0.25) is 4.79 Å². The molecule has 0 radical (unpaired) electrons. The van der Waals surface area contributed by atoms with E-state index in [-0.39, 0.29) is 22.8 Å². The van der Waals surface area contributed by atoms with Crippen molar-refractivity contribution in [3.8, 4) is 0 Å². The van der Waals surface area contributed by atoms with Crippen LogP contribution in [-0.2, 0) is 15.6 Å². The van der Waals surface area contributed by atoms with Gasteiger partial charge in [-0.1, -0.05) is 54.6 Å². The summed E-state index contributed by atoms with van der Waals surface area (Å²) in [5.41, 5.74) is 9.08. The monoisotopic (exact) mass is 362 g/mol. The summed E-state index contributed by atoms with van der Waals surface area (Å²) in [5.74, 6) is 0.258. The van der Waals surface area contributed by atoms with Crippen LogP contribution in [0.15, 0.2) is 54.6 Å². The number of fused-ring (bicyclic) bond motifs is 2. The van der Waals surface area contributed by atoms with E-state index >= 15 is 0 Å². The summed E-state index contributed by atoms with van der Waals surface area (Å²) in [4.78, 5) is 15.3. The molecule has 2 fully saturated rings. The first-order chi connectivity index (χ1) is 13.1. The number of aliphatic hydroxyl groups excluding tert-OH is 1. The van der Waals surface area contributed by atoms with E-state index in [4.69, 9.17) is 5.73 Å². The number of likely N-dealkylation sites (tertiary alicyclic amines) is 1. The van der Waals surface area contributed by atoms with Crippen molar-refractivity contribution < 1.29 is 9.90 Å². The number of carbonyl (C=O) groups excluding carboxylic acids is 1. The predicted molar refractivity (Wildman–Crippen MR) is 104 cm³/mol. The molecule has 140 valence electrons. The maximum Gasteiger partial charge on any atom is 0.233 e. The first-order valence-electron chi connectivity index (χ1n) is 9.96. The van der Waals surface area contributed by atoms with E-state index in [0.717, 1.165) is 36.8 Å². The van der Waals surface area contributed by atoms with Gasteiger partial charge >= 0.3 is 0 Å². The molecule has 4 heteroatoms. The number of carbonyl (C=O) groups is 1. The molecule has 3 N–H and O–H groups in total. The number of benzene rings is 2. The Morgan fingerprint density at radius 3 is 2.26 bits per heavy atom. The third-order valence-electron chi connectivity index (χ3n) is 7.19. The van der Waals surface area contributed by atoms with E-state index in [9.17, 15) is 9.90 Å². The number of nitrogens with two attached hydrogens (primary N) is 1. The maximum absolute atomic E-state index is 13.3. The molecule has 3 aliphatic rings. The van der Waals surface area contributed by atoms with Gasteiger partial charge in [0.15, 0.2) is 0 Å². The second kappa shape index (κ2) is 5.91. The molecule has 2 atom stereocenters. The van der Waals surface area contributed by atoms with Crippen LogP contribution in [0.1, 0.15) is 48.4 Å². The second-order valence-corrected chi connectivity index (χ2v) is 8.45. The number of amides is 1. The molecule has 27 heavy (non-hydrogen) atoms. The van der Waals surface area contributed by atoms with Crippen LogP contribution in [0.4, 0.5) is 0 Å². The Hall–Kier alpha value is -2.17. The quantitative estimate of drug-likeness (QED) is 0.863. The fourth-order valence-corrected chi connectivity index (χ4v) is 5.40. The number of aliphatic hydroxyl groups is 1. The molecule has 4 nitrogen and oxygen atoms in total. The zero-order valence-electron chi connectivity index (χ0n) is 15.5. The van der Waals surface area contributed by atoms with Gasteiger partial charge in [0.2, 0.25) is 5.91 Å². The number of hydrogen-bond acceptors (Lipinski definition) is 3.